The molecule has 0 spiro atoms. The maximum Gasteiger partial charge on any atom is 0.326 e. The number of carboxylic acid groups (broad SMARTS) is 2. The number of hydrogen-bond donors (Lipinski definition) is 6. The molecule has 7 aromatic rings. The van der Waals surface area contributed by atoms with Crippen LogP contribution in [0.2, 0.25) is 0 Å². The maximum absolute atomic E-state index is 14.0. The number of phenolic OH excluding ortho intramolecular Hbond substituents is 2. The lowest BCUT2D eigenvalue weighted by Gasteiger charge is -2.30. The molecular weight excluding hydrogens is 801 g/mol. The summed E-state index contributed by atoms with van der Waals surface area (Å²) in [6, 6.07) is 21.6. The van der Waals surface area contributed by atoms with Crippen LogP contribution in [0.4, 0.5) is 0 Å². The van der Waals surface area contributed by atoms with Crippen LogP contribution in [0, 0.1) is 0 Å². The van der Waals surface area contributed by atoms with Crippen molar-refractivity contribution in [2.24, 2.45) is 0 Å². The molecule has 2 unspecified atom stereocenters. The Morgan fingerprint density at radius 2 is 0.726 bits per heavy atom. The lowest BCUT2D eigenvalue weighted by Crippen LogP contribution is -2.50. The van der Waals surface area contributed by atoms with Crippen LogP contribution in [-0.2, 0) is 32.0 Å². The zero-order valence-electron chi connectivity index (χ0n) is 32.2. The molecule has 6 N–H and O–H groups in total. The van der Waals surface area contributed by atoms with Crippen molar-refractivity contribution in [2.75, 3.05) is 13.1 Å². The Bertz CT molecular complexity index is 2810. The van der Waals surface area contributed by atoms with Crippen molar-refractivity contribution >= 4 is 90.5 Å². The number of carbonyl (C=O) groups excluding carboxylic acids is 6. The van der Waals surface area contributed by atoms with Gasteiger partial charge in [0.2, 0.25) is 11.8 Å². The summed E-state index contributed by atoms with van der Waals surface area (Å²) in [6.45, 7) is -1.51. The third-order valence-electron chi connectivity index (χ3n) is 11.4. The van der Waals surface area contributed by atoms with Gasteiger partial charge in [0.05, 0.1) is 0 Å². The summed E-state index contributed by atoms with van der Waals surface area (Å²) in [5.41, 5.74) is 1.57. The van der Waals surface area contributed by atoms with Crippen molar-refractivity contribution in [3.63, 3.8) is 0 Å². The van der Waals surface area contributed by atoms with Crippen LogP contribution in [0.3, 0.4) is 0 Å². The van der Waals surface area contributed by atoms with E-state index in [1.165, 1.54) is 72.8 Å². The second-order valence-electron chi connectivity index (χ2n) is 15.2. The fourth-order valence-electron chi connectivity index (χ4n) is 8.56. The fourth-order valence-corrected chi connectivity index (χ4v) is 8.56. The summed E-state index contributed by atoms with van der Waals surface area (Å²) in [5, 5.41) is 47.8. The third-order valence-corrected chi connectivity index (χ3v) is 11.4. The summed E-state index contributed by atoms with van der Waals surface area (Å²) in [5.74, 6) is -7.52. The van der Waals surface area contributed by atoms with E-state index in [-0.39, 0.29) is 46.6 Å². The molecule has 2 heterocycles. The second-order valence-corrected chi connectivity index (χ2v) is 15.2. The molecule has 16 heteroatoms. The molecule has 0 radical (unpaired) electrons. The van der Waals surface area contributed by atoms with Gasteiger partial charge < -0.3 is 31.1 Å². The predicted molar refractivity (Wildman–Crippen MR) is 221 cm³/mol. The van der Waals surface area contributed by atoms with Crippen molar-refractivity contribution in [1.82, 2.24) is 20.4 Å². The number of amides is 6. The van der Waals surface area contributed by atoms with Gasteiger partial charge in [0.15, 0.2) is 0 Å². The topological polar surface area (TPSA) is 248 Å². The molecule has 308 valence electrons. The number of aliphatic carboxylic acids is 2. The molecule has 62 heavy (non-hydrogen) atoms. The molecule has 0 saturated heterocycles. The van der Waals surface area contributed by atoms with Gasteiger partial charge in [0, 0.05) is 45.9 Å². The van der Waals surface area contributed by atoms with Gasteiger partial charge in [-0.25, -0.2) is 9.59 Å². The number of aromatic hydroxyl groups is 2. The first-order valence-electron chi connectivity index (χ1n) is 19.2. The molecule has 16 nitrogen and oxygen atoms in total. The molecule has 0 aromatic heterocycles. The van der Waals surface area contributed by atoms with Crippen LogP contribution in [0.5, 0.6) is 11.5 Å². The Labute approximate surface area is 348 Å². The minimum Gasteiger partial charge on any atom is -0.508 e. The van der Waals surface area contributed by atoms with E-state index < -0.39 is 72.6 Å². The van der Waals surface area contributed by atoms with E-state index in [9.17, 15) is 58.8 Å². The summed E-state index contributed by atoms with van der Waals surface area (Å²) >= 11 is 0. The summed E-state index contributed by atoms with van der Waals surface area (Å²) in [6.07, 6.45) is -0.241. The Morgan fingerprint density at radius 1 is 0.435 bits per heavy atom. The molecule has 0 saturated carbocycles. The molecule has 7 aromatic carbocycles. The van der Waals surface area contributed by atoms with E-state index in [1.54, 1.807) is 24.3 Å². The van der Waals surface area contributed by atoms with Crippen LogP contribution >= 0.6 is 0 Å². The van der Waals surface area contributed by atoms with E-state index in [0.29, 0.717) is 54.2 Å². The smallest absolute Gasteiger partial charge is 0.326 e. The van der Waals surface area contributed by atoms with Gasteiger partial charge >= 0.3 is 11.9 Å². The first-order valence-corrected chi connectivity index (χ1v) is 19.2. The molecule has 2 aliphatic heterocycles. The molecule has 6 amide bonds. The van der Waals surface area contributed by atoms with Gasteiger partial charge in [0.25, 0.3) is 23.6 Å². The van der Waals surface area contributed by atoms with Crippen LogP contribution < -0.4 is 10.6 Å². The Kier molecular flexibility index (Phi) is 9.27. The highest BCUT2D eigenvalue weighted by Crippen LogP contribution is 2.46. The maximum atomic E-state index is 14.0. The SMILES string of the molecule is O=C(CN1C(=O)c2ccc3c4ccc5c6c(ccc(c7ccc(c2c37)C1=O)c64)C(=O)N(CC(=O)NC(Cc1ccc(O)cc1)C(=O)O)C5=O)NC(Cc1ccc(O)cc1)C(=O)O. The molecular formula is C46H32N4O12. The minimum atomic E-state index is -1.39. The van der Waals surface area contributed by atoms with Crippen molar-refractivity contribution in [2.45, 2.75) is 24.9 Å². The first kappa shape index (κ1) is 39.1. The van der Waals surface area contributed by atoms with E-state index in [0.717, 1.165) is 9.80 Å². The van der Waals surface area contributed by atoms with Gasteiger partial charge in [-0.2, -0.15) is 0 Å². The largest absolute Gasteiger partial charge is 0.508 e. The Balaban J connectivity index is 1.01. The molecule has 2 aliphatic rings. The van der Waals surface area contributed by atoms with Crippen molar-refractivity contribution in [3.05, 3.63) is 130 Å². The van der Waals surface area contributed by atoms with Crippen LogP contribution in [0.1, 0.15) is 52.6 Å². The van der Waals surface area contributed by atoms with E-state index in [1.807, 2.05) is 0 Å². The average Bonchev–Trinajstić information content (AvgIpc) is 3.25. The Hall–Kier alpha value is -8.40. The summed E-state index contributed by atoms with van der Waals surface area (Å²) in [7, 11) is 0. The first-order chi connectivity index (χ1) is 29.7. The molecule has 0 fully saturated rings. The number of carbonyl (C=O) groups is 8. The summed E-state index contributed by atoms with van der Waals surface area (Å²) < 4.78 is 0. The summed E-state index contributed by atoms with van der Waals surface area (Å²) in [4.78, 5) is 108. The fraction of sp³-hybridized carbons (Fsp3) is 0.130. The van der Waals surface area contributed by atoms with Crippen molar-refractivity contribution in [3.8, 4) is 11.5 Å². The number of phenols is 2. The van der Waals surface area contributed by atoms with E-state index in [4.69, 9.17) is 0 Å². The normalized spacial score (nSPS) is 14.5. The molecule has 0 bridgehead atoms. The lowest BCUT2D eigenvalue weighted by molar-refractivity contribution is -0.142. The highest BCUT2D eigenvalue weighted by atomic mass is 16.4. The number of imide groups is 2. The third kappa shape index (κ3) is 6.41. The number of rotatable bonds is 12. The number of nitrogens with one attached hydrogen (secondary N) is 2. The zero-order valence-corrected chi connectivity index (χ0v) is 32.2. The van der Waals surface area contributed by atoms with Crippen molar-refractivity contribution in [1.29, 1.82) is 0 Å². The zero-order chi connectivity index (χ0) is 43.7. The highest BCUT2D eigenvalue weighted by molar-refractivity contribution is 6.41. The number of carboxylic acids is 2. The van der Waals surface area contributed by atoms with E-state index >= 15 is 0 Å². The number of hydrogen-bond acceptors (Lipinski definition) is 10. The quantitative estimate of drug-likeness (QED) is 0.0582. The van der Waals surface area contributed by atoms with Gasteiger partial charge in [-0.05, 0) is 92.0 Å². The standard InChI is InChI=1S/C46H32N4O12/c51-23-5-1-21(2-6-23)17-33(45(59)60)47-35(53)19-49-41(55)29-13-9-25-27-11-15-31-40-32(16-12-28(38(27)40)26-10-14-30(42(49)56)39(29)37(25)26)44(58)50(43(31)57)20-36(54)48-34(46(61)62)18-22-3-7-24(52)8-4-22/h1-16,33-34,51-52H,17-20H2,(H,47,53)(H,48,54)(H,59,60)(H,61,62). The minimum absolute atomic E-state index is 0.0164. The average molecular weight is 833 g/mol. The van der Waals surface area contributed by atoms with Gasteiger partial charge in [-0.1, -0.05) is 48.5 Å². The van der Waals surface area contributed by atoms with E-state index in [2.05, 4.69) is 10.6 Å². The number of benzene rings is 7. The van der Waals surface area contributed by atoms with Crippen LogP contribution in [0.15, 0.2) is 97.1 Å². The lowest BCUT2D eigenvalue weighted by atomic mass is 9.82. The van der Waals surface area contributed by atoms with Gasteiger partial charge in [-0.15, -0.1) is 0 Å². The predicted octanol–water partition coefficient (Wildman–Crippen LogP) is 3.96. The number of fused-ring (bicyclic) bond motifs is 2. The van der Waals surface area contributed by atoms with Crippen LogP contribution in [-0.4, -0.2) is 103 Å². The molecule has 0 aliphatic carbocycles. The highest BCUT2D eigenvalue weighted by Gasteiger charge is 2.39. The molecule has 2 atom stereocenters. The monoisotopic (exact) mass is 832 g/mol. The van der Waals surface area contributed by atoms with Gasteiger partial charge in [-0.3, -0.25) is 38.6 Å². The Morgan fingerprint density at radius 3 is 1.00 bits per heavy atom. The van der Waals surface area contributed by atoms with Crippen LogP contribution in [0.25, 0.3) is 43.1 Å². The van der Waals surface area contributed by atoms with Crippen molar-refractivity contribution < 1.29 is 58.8 Å². The molecule has 9 rings (SSSR count). The second kappa shape index (κ2) is 14.7. The number of nitrogens with zero attached hydrogens (tertiary/aromatic N) is 2. The van der Waals surface area contributed by atoms with Gasteiger partial charge in [0.1, 0.15) is 36.7 Å².